The van der Waals surface area contributed by atoms with Crippen molar-refractivity contribution in [3.63, 3.8) is 0 Å². The minimum Gasteiger partial charge on any atom is -0.370 e. The van der Waals surface area contributed by atoms with Gasteiger partial charge in [-0.1, -0.05) is 44.2 Å². The van der Waals surface area contributed by atoms with Gasteiger partial charge in [-0.2, -0.15) is 8.42 Å². The van der Waals surface area contributed by atoms with Crippen molar-refractivity contribution in [3.8, 4) is 0 Å². The number of nitrogens with zero attached hydrogens (tertiary/aromatic N) is 2. The van der Waals surface area contributed by atoms with Crippen LogP contribution in [0, 0.1) is 5.92 Å². The first kappa shape index (κ1) is 17.1. The van der Waals surface area contributed by atoms with Gasteiger partial charge in [-0.25, -0.2) is 0 Å². The van der Waals surface area contributed by atoms with E-state index in [1.54, 1.807) is 18.2 Å². The van der Waals surface area contributed by atoms with E-state index < -0.39 is 10.0 Å². The highest BCUT2D eigenvalue weighted by atomic mass is 32.2. The van der Waals surface area contributed by atoms with E-state index in [0.29, 0.717) is 17.4 Å². The lowest BCUT2D eigenvalue weighted by atomic mass is 10.00. The van der Waals surface area contributed by atoms with E-state index >= 15 is 0 Å². The fourth-order valence-electron chi connectivity index (χ4n) is 3.63. The minimum absolute atomic E-state index is 0.0681. The molecule has 2 aliphatic rings. The predicted octanol–water partition coefficient (Wildman–Crippen LogP) is 3.85. The number of hydrogen-bond acceptors (Lipinski definition) is 4. The first-order valence-corrected chi connectivity index (χ1v) is 10.4. The van der Waals surface area contributed by atoms with E-state index in [-0.39, 0.29) is 10.8 Å². The van der Waals surface area contributed by atoms with E-state index in [9.17, 15) is 8.42 Å². The number of nitrogens with one attached hydrogen (secondary N) is 1. The van der Waals surface area contributed by atoms with Crippen LogP contribution in [0.5, 0.6) is 0 Å². The van der Waals surface area contributed by atoms with Crippen LogP contribution in [0.15, 0.2) is 57.8 Å². The number of amidine groups is 1. The van der Waals surface area contributed by atoms with E-state index in [0.717, 1.165) is 25.1 Å². The molecule has 2 aromatic rings. The lowest BCUT2D eigenvalue weighted by molar-refractivity contribution is 0.576. The van der Waals surface area contributed by atoms with E-state index in [1.807, 2.05) is 18.2 Å². The molecule has 0 radical (unpaired) electrons. The largest absolute Gasteiger partial charge is 0.370 e. The van der Waals surface area contributed by atoms with Crippen molar-refractivity contribution in [1.82, 2.24) is 0 Å². The second kappa shape index (κ2) is 6.43. The van der Waals surface area contributed by atoms with Crippen LogP contribution in [-0.2, 0) is 10.0 Å². The number of benzene rings is 2. The Labute approximate surface area is 154 Å². The minimum atomic E-state index is -3.67. The zero-order valence-electron chi connectivity index (χ0n) is 15.0. The molecule has 6 heteroatoms. The lowest BCUT2D eigenvalue weighted by Crippen LogP contribution is -2.31. The molecule has 136 valence electrons. The molecule has 0 aromatic heterocycles. The van der Waals surface area contributed by atoms with Gasteiger partial charge in [-0.05, 0) is 36.1 Å². The standard InChI is InChI=1S/C20H23N3O2S/c1-14(2)11-12-23-13-16(15-7-3-5-9-18(15)23)20-21-17-8-4-6-10-19(17)26(24,25)22-20/h3-10,14,16H,11-13H2,1-2H3,(H,21,22). The maximum Gasteiger partial charge on any atom is 0.286 e. The number of para-hydroxylation sites is 2. The maximum atomic E-state index is 12.6. The van der Waals surface area contributed by atoms with Crippen LogP contribution in [0.25, 0.3) is 0 Å². The second-order valence-corrected chi connectivity index (χ2v) is 8.89. The molecule has 0 aliphatic carbocycles. The third-order valence-electron chi connectivity index (χ3n) is 5.01. The van der Waals surface area contributed by atoms with Crippen LogP contribution in [0.4, 0.5) is 11.4 Å². The third-order valence-corrected chi connectivity index (χ3v) is 6.36. The molecule has 2 aromatic carbocycles. The highest BCUT2D eigenvalue weighted by molar-refractivity contribution is 7.90. The highest BCUT2D eigenvalue weighted by Gasteiger charge is 2.35. The molecule has 0 spiro atoms. The van der Waals surface area contributed by atoms with E-state index in [4.69, 9.17) is 0 Å². The summed E-state index contributed by atoms with van der Waals surface area (Å²) in [5, 5.41) is 3.27. The third kappa shape index (κ3) is 2.98. The van der Waals surface area contributed by atoms with Crippen molar-refractivity contribution < 1.29 is 8.42 Å². The average Bonchev–Trinajstić information content (AvgIpc) is 2.98. The Kier molecular flexibility index (Phi) is 4.23. The smallest absolute Gasteiger partial charge is 0.286 e. The lowest BCUT2D eigenvalue weighted by Gasteiger charge is -2.23. The van der Waals surface area contributed by atoms with Crippen LogP contribution in [-0.4, -0.2) is 27.3 Å². The summed E-state index contributed by atoms with van der Waals surface area (Å²) in [6.45, 7) is 6.14. The molecule has 26 heavy (non-hydrogen) atoms. The summed E-state index contributed by atoms with van der Waals surface area (Å²) in [6.07, 6.45) is 1.10. The first-order chi connectivity index (χ1) is 12.5. The molecular weight excluding hydrogens is 346 g/mol. The molecule has 0 fully saturated rings. The Morgan fingerprint density at radius 3 is 2.69 bits per heavy atom. The summed E-state index contributed by atoms with van der Waals surface area (Å²) < 4.78 is 29.3. The van der Waals surface area contributed by atoms with Gasteiger partial charge in [0.2, 0.25) is 0 Å². The predicted molar refractivity (Wildman–Crippen MR) is 106 cm³/mol. The van der Waals surface area contributed by atoms with Crippen LogP contribution < -0.4 is 10.2 Å². The molecule has 2 heterocycles. The molecule has 2 aliphatic heterocycles. The quantitative estimate of drug-likeness (QED) is 0.889. The van der Waals surface area contributed by atoms with Gasteiger partial charge in [-0.15, -0.1) is 4.40 Å². The van der Waals surface area contributed by atoms with E-state index in [2.05, 4.69) is 40.6 Å². The average molecular weight is 369 g/mol. The van der Waals surface area contributed by atoms with Crippen LogP contribution in [0.1, 0.15) is 31.7 Å². The second-order valence-electron chi connectivity index (χ2n) is 7.31. The zero-order chi connectivity index (χ0) is 18.3. The number of sulfonamides is 1. The normalized spacial score (nSPS) is 20.3. The molecule has 1 unspecified atom stereocenters. The fraction of sp³-hybridized carbons (Fsp3) is 0.350. The molecule has 4 rings (SSSR count). The van der Waals surface area contributed by atoms with Gasteiger partial charge in [0.1, 0.15) is 10.7 Å². The van der Waals surface area contributed by atoms with Crippen molar-refractivity contribution in [2.45, 2.75) is 31.1 Å². The SMILES string of the molecule is CC(C)CCN1CC(C2=NS(=O)(=O)c3ccccc3N2)c2ccccc21. The number of rotatable bonds is 4. The molecular formula is C20H23N3O2S. The van der Waals surface area contributed by atoms with Gasteiger partial charge in [0.25, 0.3) is 10.0 Å². The first-order valence-electron chi connectivity index (χ1n) is 9.00. The van der Waals surface area contributed by atoms with Gasteiger partial charge in [0, 0.05) is 18.8 Å². The topological polar surface area (TPSA) is 61.8 Å². The molecule has 5 nitrogen and oxygen atoms in total. The summed E-state index contributed by atoms with van der Waals surface area (Å²) >= 11 is 0. The summed E-state index contributed by atoms with van der Waals surface area (Å²) in [5.41, 5.74) is 2.92. The molecule has 0 saturated carbocycles. The zero-order valence-corrected chi connectivity index (χ0v) is 15.8. The number of hydrogen-bond donors (Lipinski definition) is 1. The van der Waals surface area contributed by atoms with Gasteiger partial charge in [0.15, 0.2) is 0 Å². The van der Waals surface area contributed by atoms with Gasteiger partial charge in [0.05, 0.1) is 11.6 Å². The van der Waals surface area contributed by atoms with Gasteiger partial charge in [-0.3, -0.25) is 0 Å². The Morgan fingerprint density at radius 1 is 1.15 bits per heavy atom. The van der Waals surface area contributed by atoms with Crippen molar-refractivity contribution in [2.24, 2.45) is 10.3 Å². The number of anilines is 2. The Bertz CT molecular complexity index is 967. The highest BCUT2D eigenvalue weighted by Crippen LogP contribution is 2.39. The summed E-state index contributed by atoms with van der Waals surface area (Å²) in [6, 6.07) is 15.2. The molecule has 0 amide bonds. The number of fused-ring (bicyclic) bond motifs is 2. The van der Waals surface area contributed by atoms with Crippen molar-refractivity contribution in [2.75, 3.05) is 23.3 Å². The summed E-state index contributed by atoms with van der Waals surface area (Å²) in [5.74, 6) is 1.07. The van der Waals surface area contributed by atoms with Crippen molar-refractivity contribution in [1.29, 1.82) is 0 Å². The molecule has 1 N–H and O–H groups in total. The Morgan fingerprint density at radius 2 is 1.88 bits per heavy atom. The van der Waals surface area contributed by atoms with Crippen LogP contribution >= 0.6 is 0 Å². The summed E-state index contributed by atoms with van der Waals surface area (Å²) in [7, 11) is -3.67. The van der Waals surface area contributed by atoms with Gasteiger partial charge >= 0.3 is 0 Å². The summed E-state index contributed by atoms with van der Waals surface area (Å²) in [4.78, 5) is 2.59. The maximum absolute atomic E-state index is 12.6. The molecule has 0 bridgehead atoms. The van der Waals surface area contributed by atoms with Gasteiger partial charge < -0.3 is 10.2 Å². The molecule has 1 atom stereocenters. The fourth-order valence-corrected chi connectivity index (χ4v) is 4.81. The van der Waals surface area contributed by atoms with Crippen LogP contribution in [0.3, 0.4) is 0 Å². The van der Waals surface area contributed by atoms with Crippen molar-refractivity contribution in [3.05, 3.63) is 54.1 Å². The Hall–Kier alpha value is -2.34. The monoisotopic (exact) mass is 369 g/mol. The van der Waals surface area contributed by atoms with Crippen LogP contribution in [0.2, 0.25) is 0 Å². The molecule has 0 saturated heterocycles. The van der Waals surface area contributed by atoms with Crippen molar-refractivity contribution >= 4 is 27.2 Å². The Balaban J connectivity index is 1.70. The van der Waals surface area contributed by atoms with E-state index in [1.165, 1.54) is 5.69 Å².